The number of nitrogens with one attached hydrogen (secondary N) is 1. The van der Waals surface area contributed by atoms with Crippen molar-refractivity contribution >= 4 is 34.6 Å². The van der Waals surface area contributed by atoms with Crippen LogP contribution in [0.2, 0.25) is 0 Å². The van der Waals surface area contributed by atoms with Gasteiger partial charge in [-0.05, 0) is 61.4 Å². The predicted molar refractivity (Wildman–Crippen MR) is 139 cm³/mol. The fourth-order valence-electron chi connectivity index (χ4n) is 3.60. The Morgan fingerprint density at radius 2 is 1.74 bits per heavy atom. The van der Waals surface area contributed by atoms with Gasteiger partial charge in [-0.1, -0.05) is 42.5 Å². The van der Waals surface area contributed by atoms with E-state index < -0.39 is 5.91 Å². The fraction of sp³-hybridized carbons (Fsp3) is 0.107. The Morgan fingerprint density at radius 1 is 1.03 bits per heavy atom. The van der Waals surface area contributed by atoms with Crippen molar-refractivity contribution in [2.45, 2.75) is 13.8 Å². The zero-order valence-corrected chi connectivity index (χ0v) is 20.3. The van der Waals surface area contributed by atoms with Crippen molar-refractivity contribution in [3.8, 4) is 17.5 Å². The zero-order valence-electron chi connectivity index (χ0n) is 19.5. The molecular weight excluding hydrogens is 458 g/mol. The maximum absolute atomic E-state index is 13.5. The van der Waals surface area contributed by atoms with Gasteiger partial charge in [-0.25, -0.2) is 0 Å². The van der Waals surface area contributed by atoms with Crippen LogP contribution in [0.4, 0.5) is 5.69 Å². The molecule has 174 valence electrons. The van der Waals surface area contributed by atoms with Crippen LogP contribution in [0.25, 0.3) is 17.3 Å². The number of aryl methyl sites for hydroxylation is 2. The minimum atomic E-state index is -0.578. The molecule has 0 saturated heterocycles. The Bertz CT molecular complexity index is 1630. The van der Waals surface area contributed by atoms with Gasteiger partial charge in [-0.3, -0.25) is 14.2 Å². The molecule has 7 heteroatoms. The van der Waals surface area contributed by atoms with E-state index in [0.717, 1.165) is 28.0 Å². The first-order valence-electron chi connectivity index (χ1n) is 10.9. The topological polar surface area (TPSA) is 84.1 Å². The molecule has 0 atom stereocenters. The standard InChI is InChI=1S/C28H23N3O3S/c1-18-13-14-21(15-19(18)2)30-26(32)23(17-29)28-31(22-10-5-4-6-11-22)27(33)25(35-28)16-20-9-7-8-12-24(20)34-3/h4-16H,1-3H3,(H,30,32). The molecule has 35 heavy (non-hydrogen) atoms. The van der Waals surface area contributed by atoms with Crippen LogP contribution in [0.1, 0.15) is 16.7 Å². The lowest BCUT2D eigenvalue weighted by molar-refractivity contribution is -0.111. The third-order valence-corrected chi connectivity index (χ3v) is 6.67. The lowest BCUT2D eigenvalue weighted by Crippen LogP contribution is -2.32. The van der Waals surface area contributed by atoms with E-state index in [2.05, 4.69) is 5.32 Å². The number of aromatic nitrogens is 1. The van der Waals surface area contributed by atoms with E-state index >= 15 is 0 Å². The number of para-hydroxylation sites is 2. The molecule has 0 aliphatic rings. The number of carbonyl (C=O) groups excluding carboxylic acids is 1. The summed E-state index contributed by atoms with van der Waals surface area (Å²) in [7, 11) is 1.56. The van der Waals surface area contributed by atoms with Crippen molar-refractivity contribution in [1.29, 1.82) is 5.26 Å². The molecule has 0 radical (unpaired) electrons. The van der Waals surface area contributed by atoms with Crippen LogP contribution >= 0.6 is 11.3 Å². The number of carbonyl (C=O) groups is 1. The van der Waals surface area contributed by atoms with Gasteiger partial charge in [-0.2, -0.15) is 5.26 Å². The third kappa shape index (κ3) is 4.93. The van der Waals surface area contributed by atoms with E-state index in [1.807, 2.05) is 56.3 Å². The molecule has 3 aromatic carbocycles. The van der Waals surface area contributed by atoms with Crippen LogP contribution in [-0.4, -0.2) is 17.6 Å². The Balaban J connectivity index is 1.95. The molecular formula is C28H23N3O3S. The number of methoxy groups -OCH3 is 1. The van der Waals surface area contributed by atoms with E-state index in [-0.39, 0.29) is 15.8 Å². The molecule has 1 heterocycles. The van der Waals surface area contributed by atoms with Crippen molar-refractivity contribution in [2.24, 2.45) is 0 Å². The largest absolute Gasteiger partial charge is 0.496 e. The van der Waals surface area contributed by atoms with E-state index in [1.54, 1.807) is 49.6 Å². The second kappa shape index (κ2) is 10.2. The maximum Gasteiger partial charge on any atom is 0.273 e. The molecule has 0 aliphatic heterocycles. The number of benzene rings is 3. The van der Waals surface area contributed by atoms with Crippen LogP contribution in [0.3, 0.4) is 0 Å². The average Bonchev–Trinajstić information content (AvgIpc) is 3.18. The first-order chi connectivity index (χ1) is 16.9. The van der Waals surface area contributed by atoms with E-state index in [4.69, 9.17) is 4.74 Å². The first-order valence-corrected chi connectivity index (χ1v) is 11.7. The summed E-state index contributed by atoms with van der Waals surface area (Å²) in [5.74, 6) is 0.0376. The van der Waals surface area contributed by atoms with Crippen molar-refractivity contribution in [3.05, 3.63) is 109 Å². The number of ether oxygens (including phenoxy) is 1. The monoisotopic (exact) mass is 481 g/mol. The van der Waals surface area contributed by atoms with Crippen LogP contribution in [0.15, 0.2) is 77.6 Å². The summed E-state index contributed by atoms with van der Waals surface area (Å²) >= 11 is 1.09. The summed E-state index contributed by atoms with van der Waals surface area (Å²) < 4.78 is 7.45. The predicted octanol–water partition coefficient (Wildman–Crippen LogP) is 3.67. The number of hydrogen-bond acceptors (Lipinski definition) is 5. The highest BCUT2D eigenvalue weighted by atomic mass is 32.1. The maximum atomic E-state index is 13.5. The van der Waals surface area contributed by atoms with Gasteiger partial charge in [0, 0.05) is 11.3 Å². The Morgan fingerprint density at radius 3 is 2.43 bits per heavy atom. The van der Waals surface area contributed by atoms with Crippen LogP contribution in [0, 0.1) is 25.2 Å². The molecule has 0 aliphatic carbocycles. The Hall–Kier alpha value is -4.41. The van der Waals surface area contributed by atoms with E-state index in [1.165, 1.54) is 4.57 Å². The molecule has 4 aromatic rings. The highest BCUT2D eigenvalue weighted by Gasteiger charge is 2.17. The quantitative estimate of drug-likeness (QED) is 0.472. The summed E-state index contributed by atoms with van der Waals surface area (Å²) in [5.41, 5.74) is 3.51. The minimum Gasteiger partial charge on any atom is -0.496 e. The van der Waals surface area contributed by atoms with Gasteiger partial charge in [0.2, 0.25) is 0 Å². The molecule has 6 nitrogen and oxygen atoms in total. The minimum absolute atomic E-state index is 0.145. The highest BCUT2D eigenvalue weighted by molar-refractivity contribution is 7.07. The molecule has 0 spiro atoms. The molecule has 0 fully saturated rings. The van der Waals surface area contributed by atoms with Gasteiger partial charge in [0.15, 0.2) is 5.57 Å². The Labute approximate surface area is 206 Å². The summed E-state index contributed by atoms with van der Waals surface area (Å²) in [5, 5.41) is 12.8. The third-order valence-electron chi connectivity index (χ3n) is 5.58. The fourth-order valence-corrected chi connectivity index (χ4v) is 4.69. The number of hydrogen-bond donors (Lipinski definition) is 1. The van der Waals surface area contributed by atoms with Gasteiger partial charge < -0.3 is 10.1 Å². The van der Waals surface area contributed by atoms with Gasteiger partial charge in [0.25, 0.3) is 11.5 Å². The SMILES string of the molecule is COc1ccccc1C=c1sc(=C(C#N)C(=O)Nc2ccc(C)c(C)c2)n(-c2ccccc2)c1=O. The smallest absolute Gasteiger partial charge is 0.273 e. The van der Waals surface area contributed by atoms with Crippen molar-refractivity contribution in [1.82, 2.24) is 4.57 Å². The zero-order chi connectivity index (χ0) is 24.9. The summed E-state index contributed by atoms with van der Waals surface area (Å²) in [6, 6.07) is 23.9. The first kappa shape index (κ1) is 23.7. The van der Waals surface area contributed by atoms with E-state index in [0.29, 0.717) is 21.7 Å². The molecule has 0 saturated carbocycles. The van der Waals surface area contributed by atoms with Crippen molar-refractivity contribution in [2.75, 3.05) is 12.4 Å². The summed E-state index contributed by atoms with van der Waals surface area (Å²) in [6.07, 6.45) is 1.71. The lowest BCUT2D eigenvalue weighted by Gasteiger charge is -2.07. The van der Waals surface area contributed by atoms with Crippen LogP contribution < -0.4 is 24.8 Å². The number of rotatable bonds is 5. The molecule has 1 N–H and O–H groups in total. The molecule has 0 unspecified atom stereocenters. The van der Waals surface area contributed by atoms with Crippen LogP contribution in [-0.2, 0) is 4.79 Å². The summed E-state index contributed by atoms with van der Waals surface area (Å²) in [4.78, 5) is 26.7. The van der Waals surface area contributed by atoms with Crippen LogP contribution in [0.5, 0.6) is 5.75 Å². The van der Waals surface area contributed by atoms with Gasteiger partial charge in [0.1, 0.15) is 16.5 Å². The molecule has 0 bridgehead atoms. The molecule has 1 amide bonds. The normalized spacial score (nSPS) is 12.1. The average molecular weight is 482 g/mol. The number of nitrogens with zero attached hydrogens (tertiary/aromatic N) is 2. The Kier molecular flexibility index (Phi) is 6.95. The number of amides is 1. The number of anilines is 1. The lowest BCUT2D eigenvalue weighted by atomic mass is 10.1. The van der Waals surface area contributed by atoms with Crippen molar-refractivity contribution < 1.29 is 9.53 Å². The second-order valence-electron chi connectivity index (χ2n) is 7.87. The summed E-state index contributed by atoms with van der Waals surface area (Å²) in [6.45, 7) is 3.93. The van der Waals surface area contributed by atoms with Gasteiger partial charge >= 0.3 is 0 Å². The van der Waals surface area contributed by atoms with E-state index in [9.17, 15) is 14.9 Å². The van der Waals surface area contributed by atoms with Crippen molar-refractivity contribution in [3.63, 3.8) is 0 Å². The number of thiazole rings is 1. The molecule has 1 aromatic heterocycles. The second-order valence-corrected chi connectivity index (χ2v) is 8.90. The van der Waals surface area contributed by atoms with Gasteiger partial charge in [-0.15, -0.1) is 11.3 Å². The van der Waals surface area contributed by atoms with Gasteiger partial charge in [0.05, 0.1) is 17.3 Å². The molecule has 4 rings (SSSR count). The highest BCUT2D eigenvalue weighted by Crippen LogP contribution is 2.18. The number of nitriles is 1.